The van der Waals surface area contributed by atoms with E-state index in [2.05, 4.69) is 4.98 Å². The van der Waals surface area contributed by atoms with Gasteiger partial charge < -0.3 is 5.73 Å². The molecule has 3 rings (SSSR count). The number of hydrogen-bond donors (Lipinski definition) is 1. The third-order valence-corrected chi connectivity index (χ3v) is 5.07. The van der Waals surface area contributed by atoms with Gasteiger partial charge in [-0.1, -0.05) is 36.4 Å². The lowest BCUT2D eigenvalue weighted by Gasteiger charge is -2.03. The predicted octanol–water partition coefficient (Wildman–Crippen LogP) is 3.36. The van der Waals surface area contributed by atoms with Gasteiger partial charge in [0.25, 0.3) is 0 Å². The first kappa shape index (κ1) is 18.2. The van der Waals surface area contributed by atoms with Crippen molar-refractivity contribution in [1.29, 1.82) is 5.26 Å². The summed E-state index contributed by atoms with van der Waals surface area (Å²) in [7, 11) is -3.34. The molecule has 0 aliphatic carbocycles. The van der Waals surface area contributed by atoms with Crippen molar-refractivity contribution in [3.05, 3.63) is 84.1 Å². The molecule has 0 atom stereocenters. The molecule has 6 heteroatoms. The number of benzene rings is 2. The maximum absolute atomic E-state index is 12.0. The first-order valence-electron chi connectivity index (χ1n) is 7.42. The minimum absolute atomic E-state index is 0.299. The van der Waals surface area contributed by atoms with E-state index in [1.807, 2.05) is 13.0 Å². The summed E-state index contributed by atoms with van der Waals surface area (Å²) in [4.78, 5) is 4.46. The zero-order valence-electron chi connectivity index (χ0n) is 13.6. The molecule has 0 amide bonds. The fourth-order valence-corrected chi connectivity index (χ4v) is 3.31. The Morgan fingerprint density at radius 2 is 1.44 bits per heavy atom. The van der Waals surface area contributed by atoms with Crippen LogP contribution in [0.4, 0.5) is 5.82 Å². The largest absolute Gasteiger partial charge is 0.383 e. The molecule has 0 saturated heterocycles. The predicted molar refractivity (Wildman–Crippen MR) is 96.4 cm³/mol. The molecule has 0 unspecified atom stereocenters. The maximum atomic E-state index is 12.0. The van der Waals surface area contributed by atoms with Gasteiger partial charge in [-0.2, -0.15) is 5.26 Å². The topological polar surface area (TPSA) is 96.8 Å². The lowest BCUT2D eigenvalue weighted by Crippen LogP contribution is -2.00. The molecule has 126 valence electrons. The standard InChI is InChI=1S/C12H10O2S.C7H7N3/c13-15(14,11-7-3-1-4-8-11)12-9-5-2-6-10-12;1-5-2-6(3-8)7(9)10-4-5/h1-10H;2,4H,1H3,(H2,9,10). The summed E-state index contributed by atoms with van der Waals surface area (Å²) in [5.74, 6) is 0.299. The monoisotopic (exact) mass is 351 g/mol. The van der Waals surface area contributed by atoms with Crippen LogP contribution in [0.5, 0.6) is 0 Å². The highest BCUT2D eigenvalue weighted by Gasteiger charge is 2.15. The van der Waals surface area contributed by atoms with Crippen LogP contribution in [0.1, 0.15) is 11.1 Å². The van der Waals surface area contributed by atoms with Crippen LogP contribution < -0.4 is 5.73 Å². The highest BCUT2D eigenvalue weighted by Crippen LogP contribution is 2.19. The lowest BCUT2D eigenvalue weighted by molar-refractivity contribution is 0.596. The molecule has 1 heterocycles. The van der Waals surface area contributed by atoms with Gasteiger partial charge in [0.15, 0.2) is 0 Å². The number of anilines is 1. The molecule has 0 aliphatic rings. The molecule has 0 spiro atoms. The Bertz CT molecular complexity index is 935. The van der Waals surface area contributed by atoms with Crippen molar-refractivity contribution in [2.75, 3.05) is 5.73 Å². The van der Waals surface area contributed by atoms with Crippen LogP contribution in [-0.2, 0) is 9.84 Å². The first-order valence-corrected chi connectivity index (χ1v) is 8.91. The van der Waals surface area contributed by atoms with E-state index in [1.54, 1.807) is 72.9 Å². The highest BCUT2D eigenvalue weighted by atomic mass is 32.2. The Balaban J connectivity index is 0.000000196. The van der Waals surface area contributed by atoms with Gasteiger partial charge in [-0.05, 0) is 42.8 Å². The van der Waals surface area contributed by atoms with Gasteiger partial charge in [0.05, 0.1) is 15.4 Å². The molecule has 0 bridgehead atoms. The quantitative estimate of drug-likeness (QED) is 0.763. The number of aryl methyl sites for hydroxylation is 1. The summed E-state index contributed by atoms with van der Waals surface area (Å²) in [6, 6.07) is 20.5. The number of hydrogen-bond acceptors (Lipinski definition) is 5. The molecular weight excluding hydrogens is 334 g/mol. The zero-order valence-corrected chi connectivity index (χ0v) is 14.4. The van der Waals surface area contributed by atoms with Gasteiger partial charge in [0, 0.05) is 6.20 Å². The third kappa shape index (κ3) is 4.66. The summed E-state index contributed by atoms with van der Waals surface area (Å²) < 4.78 is 24.1. The second kappa shape index (κ2) is 8.08. The smallest absolute Gasteiger partial charge is 0.206 e. The minimum Gasteiger partial charge on any atom is -0.383 e. The minimum atomic E-state index is -3.34. The van der Waals surface area contributed by atoms with E-state index in [0.29, 0.717) is 21.2 Å². The zero-order chi connectivity index (χ0) is 18.3. The van der Waals surface area contributed by atoms with E-state index in [0.717, 1.165) is 5.56 Å². The van der Waals surface area contributed by atoms with Gasteiger partial charge in [-0.15, -0.1) is 0 Å². The third-order valence-electron chi connectivity index (χ3n) is 3.28. The van der Waals surface area contributed by atoms with Gasteiger partial charge >= 0.3 is 0 Å². The Kier molecular flexibility index (Phi) is 5.88. The molecule has 0 fully saturated rings. The van der Waals surface area contributed by atoms with Crippen LogP contribution >= 0.6 is 0 Å². The average Bonchev–Trinajstić information content (AvgIpc) is 2.65. The Morgan fingerprint density at radius 1 is 0.960 bits per heavy atom. The van der Waals surface area contributed by atoms with Crippen LogP contribution in [0.2, 0.25) is 0 Å². The van der Waals surface area contributed by atoms with Crippen molar-refractivity contribution < 1.29 is 8.42 Å². The number of aromatic nitrogens is 1. The molecule has 5 nitrogen and oxygen atoms in total. The maximum Gasteiger partial charge on any atom is 0.206 e. The van der Waals surface area contributed by atoms with E-state index in [9.17, 15) is 8.42 Å². The molecule has 2 N–H and O–H groups in total. The Morgan fingerprint density at radius 3 is 1.84 bits per heavy atom. The number of rotatable bonds is 2. The van der Waals surface area contributed by atoms with Crippen LogP contribution in [0, 0.1) is 18.3 Å². The van der Waals surface area contributed by atoms with Crippen molar-refractivity contribution in [1.82, 2.24) is 4.98 Å². The van der Waals surface area contributed by atoms with Crippen molar-refractivity contribution >= 4 is 15.7 Å². The molecule has 1 aromatic heterocycles. The fraction of sp³-hybridized carbons (Fsp3) is 0.0526. The number of nitrogens with two attached hydrogens (primary N) is 1. The van der Waals surface area contributed by atoms with Gasteiger partial charge in [-0.25, -0.2) is 13.4 Å². The molecule has 0 saturated carbocycles. The van der Waals surface area contributed by atoms with Crippen LogP contribution in [-0.4, -0.2) is 13.4 Å². The summed E-state index contributed by atoms with van der Waals surface area (Å²) in [5, 5.41) is 8.47. The first-order chi connectivity index (χ1) is 11.9. The van der Waals surface area contributed by atoms with E-state index in [-0.39, 0.29) is 0 Å². The SMILES string of the molecule is Cc1cnc(N)c(C#N)c1.O=S(=O)(c1ccccc1)c1ccccc1. The molecule has 2 aromatic carbocycles. The van der Waals surface area contributed by atoms with Crippen molar-refractivity contribution in [3.8, 4) is 6.07 Å². The number of pyridine rings is 1. The van der Waals surface area contributed by atoms with E-state index in [4.69, 9.17) is 11.0 Å². The molecular formula is C19H17N3O2S. The summed E-state index contributed by atoms with van der Waals surface area (Å²) >= 11 is 0. The van der Waals surface area contributed by atoms with Crippen molar-refractivity contribution in [3.63, 3.8) is 0 Å². The van der Waals surface area contributed by atoms with Gasteiger partial charge in [0.1, 0.15) is 11.9 Å². The number of nitriles is 1. The Hall–Kier alpha value is -3.17. The van der Waals surface area contributed by atoms with E-state index >= 15 is 0 Å². The molecule has 3 aromatic rings. The summed E-state index contributed by atoms with van der Waals surface area (Å²) in [6.45, 7) is 1.87. The van der Waals surface area contributed by atoms with Crippen LogP contribution in [0.25, 0.3) is 0 Å². The molecule has 25 heavy (non-hydrogen) atoms. The Labute approximate surface area is 147 Å². The normalized spacial score (nSPS) is 10.2. The van der Waals surface area contributed by atoms with Crippen molar-refractivity contribution in [2.24, 2.45) is 0 Å². The van der Waals surface area contributed by atoms with Crippen LogP contribution in [0.3, 0.4) is 0 Å². The number of nitrogen functional groups attached to an aromatic ring is 1. The van der Waals surface area contributed by atoms with Crippen molar-refractivity contribution in [2.45, 2.75) is 16.7 Å². The number of sulfone groups is 1. The highest BCUT2D eigenvalue weighted by molar-refractivity contribution is 7.91. The summed E-state index contributed by atoms with van der Waals surface area (Å²) in [6.07, 6.45) is 1.64. The summed E-state index contributed by atoms with van der Waals surface area (Å²) in [5.41, 5.74) is 6.76. The lowest BCUT2D eigenvalue weighted by atomic mass is 10.2. The van der Waals surface area contributed by atoms with Gasteiger partial charge in [0.2, 0.25) is 9.84 Å². The molecule has 0 radical (unpaired) electrons. The molecule has 0 aliphatic heterocycles. The van der Waals surface area contributed by atoms with E-state index < -0.39 is 9.84 Å². The second-order valence-corrected chi connectivity index (χ2v) is 7.14. The second-order valence-electron chi connectivity index (χ2n) is 5.19. The van der Waals surface area contributed by atoms with E-state index in [1.165, 1.54) is 0 Å². The number of nitrogens with zero attached hydrogens (tertiary/aromatic N) is 2. The fourth-order valence-electron chi connectivity index (χ4n) is 2.00. The van der Waals surface area contributed by atoms with Crippen LogP contribution in [0.15, 0.2) is 82.7 Å². The average molecular weight is 351 g/mol. The van der Waals surface area contributed by atoms with Gasteiger partial charge in [-0.3, -0.25) is 0 Å².